The lowest BCUT2D eigenvalue weighted by atomic mass is 10.1. The molecule has 0 aromatic heterocycles. The Kier molecular flexibility index (Phi) is 8.70. The number of amides is 1. The maximum atomic E-state index is 13.0. The highest BCUT2D eigenvalue weighted by Gasteiger charge is 2.33. The van der Waals surface area contributed by atoms with Crippen molar-refractivity contribution in [3.8, 4) is 11.5 Å². The minimum atomic E-state index is -4.53. The monoisotopic (exact) mass is 440 g/mol. The molecule has 0 saturated carbocycles. The van der Waals surface area contributed by atoms with Gasteiger partial charge in [0.1, 0.15) is 0 Å². The van der Waals surface area contributed by atoms with E-state index in [1.807, 2.05) is 6.92 Å². The van der Waals surface area contributed by atoms with Gasteiger partial charge in [0.25, 0.3) is 0 Å². The number of para-hydroxylation sites is 1. The second-order valence-electron chi connectivity index (χ2n) is 7.41. The molecule has 2 aromatic carbocycles. The van der Waals surface area contributed by atoms with E-state index in [-0.39, 0.29) is 36.2 Å². The number of phenols is 2. The molecule has 0 aliphatic heterocycles. The number of aliphatic hydroxyl groups excluding tert-OH is 1. The number of phenolic OH excluding ortho intramolecular Hbond substituents is 2. The third-order valence-electron chi connectivity index (χ3n) is 4.84. The molecule has 2 rings (SSSR count). The van der Waals surface area contributed by atoms with E-state index in [1.165, 1.54) is 36.4 Å². The van der Waals surface area contributed by atoms with Gasteiger partial charge in [0.2, 0.25) is 5.91 Å². The number of aliphatic hydroxyl groups is 1. The summed E-state index contributed by atoms with van der Waals surface area (Å²) in [6.07, 6.45) is -3.39. The molecule has 0 aliphatic carbocycles. The number of hydrogen-bond acceptors (Lipinski definition) is 5. The topological polar surface area (TPSA) is 102 Å². The van der Waals surface area contributed by atoms with Crippen LogP contribution in [0.1, 0.15) is 49.8 Å². The smallest absolute Gasteiger partial charge is 0.418 e. The standard InChI is InChI=1S/C22H27F3N2O4/c1-14(26-13-20(30)15-10-11-18(28)19(29)12-15)6-2-5-9-21(31)27-17-8-4-3-7-16(17)22(23,24)25/h3-4,7-8,10-12,14,20,26,28-30H,2,5-6,9,13H2,1H3,(H,27,31). The van der Waals surface area contributed by atoms with E-state index in [4.69, 9.17) is 0 Å². The number of alkyl halides is 3. The molecule has 0 saturated heterocycles. The van der Waals surface area contributed by atoms with E-state index < -0.39 is 23.8 Å². The van der Waals surface area contributed by atoms with Gasteiger partial charge in [0, 0.05) is 19.0 Å². The Hall–Kier alpha value is -2.78. The molecular formula is C22H27F3N2O4. The third-order valence-corrected chi connectivity index (χ3v) is 4.84. The minimum Gasteiger partial charge on any atom is -0.504 e. The summed E-state index contributed by atoms with van der Waals surface area (Å²) >= 11 is 0. The van der Waals surface area contributed by atoms with E-state index in [9.17, 15) is 33.3 Å². The highest BCUT2D eigenvalue weighted by Crippen LogP contribution is 2.34. The SMILES string of the molecule is CC(CCCCC(=O)Nc1ccccc1C(F)(F)F)NCC(O)c1ccc(O)c(O)c1. The Balaban J connectivity index is 1.69. The van der Waals surface area contributed by atoms with E-state index in [1.54, 1.807) is 0 Å². The highest BCUT2D eigenvalue weighted by atomic mass is 19.4. The molecule has 0 radical (unpaired) electrons. The van der Waals surface area contributed by atoms with Crippen molar-refractivity contribution in [1.29, 1.82) is 0 Å². The lowest BCUT2D eigenvalue weighted by Gasteiger charge is -2.18. The van der Waals surface area contributed by atoms with Crippen molar-refractivity contribution in [3.05, 3.63) is 53.6 Å². The molecule has 0 aliphatic rings. The van der Waals surface area contributed by atoms with Crippen LogP contribution in [0.4, 0.5) is 18.9 Å². The second kappa shape index (κ2) is 11.0. The maximum absolute atomic E-state index is 13.0. The van der Waals surface area contributed by atoms with Gasteiger partial charge in [-0.3, -0.25) is 4.79 Å². The van der Waals surface area contributed by atoms with Crippen molar-refractivity contribution in [1.82, 2.24) is 5.32 Å². The number of halogens is 3. The maximum Gasteiger partial charge on any atom is 0.418 e. The number of carbonyl (C=O) groups excluding carboxylic acids is 1. The number of unbranched alkanes of at least 4 members (excludes halogenated alkanes) is 1. The molecular weight excluding hydrogens is 413 g/mol. The van der Waals surface area contributed by atoms with Crippen LogP contribution in [-0.4, -0.2) is 33.8 Å². The first-order chi connectivity index (χ1) is 14.6. The van der Waals surface area contributed by atoms with Crippen LogP contribution in [0, 0.1) is 0 Å². The summed E-state index contributed by atoms with van der Waals surface area (Å²) in [5.41, 5.74) is -0.656. The summed E-state index contributed by atoms with van der Waals surface area (Å²) < 4.78 is 38.9. The second-order valence-corrected chi connectivity index (χ2v) is 7.41. The van der Waals surface area contributed by atoms with Gasteiger partial charge in [-0.25, -0.2) is 0 Å². The number of rotatable bonds is 10. The Morgan fingerprint density at radius 2 is 1.77 bits per heavy atom. The fraction of sp³-hybridized carbons (Fsp3) is 0.409. The van der Waals surface area contributed by atoms with Crippen molar-refractivity contribution in [2.75, 3.05) is 11.9 Å². The number of hydrogen-bond donors (Lipinski definition) is 5. The number of benzene rings is 2. The van der Waals surface area contributed by atoms with Gasteiger partial charge in [-0.15, -0.1) is 0 Å². The van der Waals surface area contributed by atoms with Crippen LogP contribution in [-0.2, 0) is 11.0 Å². The minimum absolute atomic E-state index is 0.0365. The van der Waals surface area contributed by atoms with Gasteiger partial charge in [0.05, 0.1) is 17.4 Å². The fourth-order valence-corrected chi connectivity index (χ4v) is 3.07. The first-order valence-electron chi connectivity index (χ1n) is 9.97. The number of nitrogens with one attached hydrogen (secondary N) is 2. The van der Waals surface area contributed by atoms with Gasteiger partial charge in [-0.2, -0.15) is 13.2 Å². The molecule has 170 valence electrons. The van der Waals surface area contributed by atoms with Crippen molar-refractivity contribution < 1.29 is 33.3 Å². The van der Waals surface area contributed by atoms with Crippen LogP contribution in [0.3, 0.4) is 0 Å². The van der Waals surface area contributed by atoms with Gasteiger partial charge < -0.3 is 26.0 Å². The molecule has 1 amide bonds. The van der Waals surface area contributed by atoms with E-state index in [0.29, 0.717) is 24.8 Å². The van der Waals surface area contributed by atoms with Gasteiger partial charge >= 0.3 is 6.18 Å². The Bertz CT molecular complexity index is 874. The van der Waals surface area contributed by atoms with Crippen molar-refractivity contribution >= 4 is 11.6 Å². The summed E-state index contributed by atoms with van der Waals surface area (Å²) in [6, 6.07) is 9.01. The van der Waals surface area contributed by atoms with Crippen molar-refractivity contribution in [2.45, 2.75) is 50.9 Å². The van der Waals surface area contributed by atoms with E-state index in [0.717, 1.165) is 6.07 Å². The molecule has 9 heteroatoms. The van der Waals surface area contributed by atoms with Crippen molar-refractivity contribution in [3.63, 3.8) is 0 Å². The molecule has 0 fully saturated rings. The predicted octanol–water partition coefficient (Wildman–Crippen LogP) is 4.33. The van der Waals surface area contributed by atoms with Gasteiger partial charge in [-0.05, 0) is 49.6 Å². The fourth-order valence-electron chi connectivity index (χ4n) is 3.07. The van der Waals surface area contributed by atoms with Crippen LogP contribution < -0.4 is 10.6 Å². The zero-order valence-electron chi connectivity index (χ0n) is 17.1. The van der Waals surface area contributed by atoms with Crippen molar-refractivity contribution in [2.24, 2.45) is 0 Å². The molecule has 6 nitrogen and oxygen atoms in total. The van der Waals surface area contributed by atoms with Crippen LogP contribution in [0.25, 0.3) is 0 Å². The summed E-state index contributed by atoms with van der Waals surface area (Å²) in [4.78, 5) is 12.0. The van der Waals surface area contributed by atoms with Crippen LogP contribution in [0.5, 0.6) is 11.5 Å². The molecule has 31 heavy (non-hydrogen) atoms. The number of anilines is 1. The average molecular weight is 440 g/mol. The molecule has 2 unspecified atom stereocenters. The molecule has 0 bridgehead atoms. The molecule has 2 atom stereocenters. The number of carbonyl (C=O) groups is 1. The van der Waals surface area contributed by atoms with Crippen LogP contribution >= 0.6 is 0 Å². The highest BCUT2D eigenvalue weighted by molar-refractivity contribution is 5.91. The first kappa shape index (κ1) is 24.5. The molecule has 5 N–H and O–H groups in total. The summed E-state index contributed by atoms with van der Waals surface area (Å²) in [7, 11) is 0. The summed E-state index contributed by atoms with van der Waals surface area (Å²) in [5, 5.41) is 34.4. The zero-order chi connectivity index (χ0) is 23.0. The molecule has 0 spiro atoms. The van der Waals surface area contributed by atoms with E-state index >= 15 is 0 Å². The normalized spacial score (nSPS) is 13.6. The Morgan fingerprint density at radius 1 is 1.06 bits per heavy atom. The Morgan fingerprint density at radius 3 is 2.45 bits per heavy atom. The predicted molar refractivity (Wildman–Crippen MR) is 111 cm³/mol. The van der Waals surface area contributed by atoms with Crippen LogP contribution in [0.15, 0.2) is 42.5 Å². The summed E-state index contributed by atoms with van der Waals surface area (Å²) in [5.74, 6) is -1.04. The van der Waals surface area contributed by atoms with Gasteiger partial charge in [0.15, 0.2) is 11.5 Å². The van der Waals surface area contributed by atoms with E-state index in [2.05, 4.69) is 10.6 Å². The Labute approximate surface area is 178 Å². The largest absolute Gasteiger partial charge is 0.504 e. The lowest BCUT2D eigenvalue weighted by molar-refractivity contribution is -0.137. The van der Waals surface area contributed by atoms with Crippen LogP contribution in [0.2, 0.25) is 0 Å². The first-order valence-corrected chi connectivity index (χ1v) is 9.97. The lowest BCUT2D eigenvalue weighted by Crippen LogP contribution is -2.30. The average Bonchev–Trinajstić information content (AvgIpc) is 2.71. The zero-order valence-corrected chi connectivity index (χ0v) is 17.1. The summed E-state index contributed by atoms with van der Waals surface area (Å²) in [6.45, 7) is 2.15. The third kappa shape index (κ3) is 7.76. The molecule has 2 aromatic rings. The van der Waals surface area contributed by atoms with Gasteiger partial charge in [-0.1, -0.05) is 24.6 Å². The molecule has 0 heterocycles. The number of aromatic hydroxyl groups is 2. The quantitative estimate of drug-likeness (QED) is 0.280.